The summed E-state index contributed by atoms with van der Waals surface area (Å²) in [6.45, 7) is 4.77. The van der Waals surface area contributed by atoms with E-state index in [1.54, 1.807) is 4.90 Å². The molecule has 0 aliphatic carbocycles. The van der Waals surface area contributed by atoms with Crippen molar-refractivity contribution in [2.45, 2.75) is 19.8 Å². The molecule has 1 aliphatic heterocycles. The number of nitrogens with zero attached hydrogens (tertiary/aromatic N) is 1. The highest BCUT2D eigenvalue weighted by Gasteiger charge is 2.27. The molecule has 31 heavy (non-hydrogen) atoms. The summed E-state index contributed by atoms with van der Waals surface area (Å²) >= 11 is 0. The zero-order valence-corrected chi connectivity index (χ0v) is 17.7. The highest BCUT2D eigenvalue weighted by atomic mass is 16.5. The van der Waals surface area contributed by atoms with Gasteiger partial charge in [-0.15, -0.1) is 0 Å². The lowest BCUT2D eigenvalue weighted by Crippen LogP contribution is -2.41. The molecular formula is C26H26N2O3. The molecule has 0 saturated carbocycles. The van der Waals surface area contributed by atoms with E-state index in [9.17, 15) is 9.59 Å². The van der Waals surface area contributed by atoms with Crippen LogP contribution in [0.25, 0.3) is 0 Å². The average Bonchev–Trinajstić information content (AvgIpc) is 2.77. The van der Waals surface area contributed by atoms with Crippen LogP contribution in [0.15, 0.2) is 78.9 Å². The van der Waals surface area contributed by atoms with Crippen molar-refractivity contribution in [2.24, 2.45) is 5.92 Å². The minimum atomic E-state index is -0.442. The molecule has 0 saturated heterocycles. The first-order valence-electron chi connectivity index (χ1n) is 10.5. The molecule has 1 aliphatic rings. The Kier molecular flexibility index (Phi) is 6.03. The third-order valence-electron chi connectivity index (χ3n) is 5.25. The summed E-state index contributed by atoms with van der Waals surface area (Å²) in [5.41, 5.74) is 3.17. The zero-order chi connectivity index (χ0) is 21.8. The van der Waals surface area contributed by atoms with E-state index in [1.165, 1.54) is 0 Å². The molecule has 1 N–H and O–H groups in total. The monoisotopic (exact) mass is 414 g/mol. The summed E-state index contributed by atoms with van der Waals surface area (Å²) in [6.07, 6.45) is 0. The SMILES string of the molecule is CC(C)CN1C(=O)COc2ccc(NC(=O)C(c3ccccc3)c3ccccc3)cc21. The van der Waals surface area contributed by atoms with Crippen molar-refractivity contribution >= 4 is 23.2 Å². The van der Waals surface area contributed by atoms with Crippen LogP contribution < -0.4 is 15.0 Å². The van der Waals surface area contributed by atoms with Gasteiger partial charge in [0.05, 0.1) is 11.6 Å². The number of anilines is 2. The Bertz CT molecular complexity index is 1030. The largest absolute Gasteiger partial charge is 0.482 e. The van der Waals surface area contributed by atoms with E-state index in [2.05, 4.69) is 19.2 Å². The van der Waals surface area contributed by atoms with Crippen LogP contribution in [-0.2, 0) is 9.59 Å². The highest BCUT2D eigenvalue weighted by Crippen LogP contribution is 2.36. The van der Waals surface area contributed by atoms with Crippen LogP contribution in [0.4, 0.5) is 11.4 Å². The lowest BCUT2D eigenvalue weighted by Gasteiger charge is -2.31. The summed E-state index contributed by atoms with van der Waals surface area (Å²) in [7, 11) is 0. The molecular weight excluding hydrogens is 388 g/mol. The van der Waals surface area contributed by atoms with Crippen LogP contribution in [0.1, 0.15) is 30.9 Å². The molecule has 5 heteroatoms. The van der Waals surface area contributed by atoms with Crippen molar-refractivity contribution in [3.63, 3.8) is 0 Å². The molecule has 1 heterocycles. The Morgan fingerprint density at radius 1 is 0.968 bits per heavy atom. The van der Waals surface area contributed by atoms with Crippen molar-refractivity contribution in [3.05, 3.63) is 90.0 Å². The highest BCUT2D eigenvalue weighted by molar-refractivity contribution is 6.01. The third-order valence-corrected chi connectivity index (χ3v) is 5.25. The first-order valence-corrected chi connectivity index (χ1v) is 10.5. The number of fused-ring (bicyclic) bond motifs is 1. The van der Waals surface area contributed by atoms with Gasteiger partial charge < -0.3 is 15.0 Å². The Balaban J connectivity index is 1.64. The quantitative estimate of drug-likeness (QED) is 0.628. The van der Waals surface area contributed by atoms with Crippen molar-refractivity contribution in [1.82, 2.24) is 0 Å². The van der Waals surface area contributed by atoms with Gasteiger partial charge in [-0.25, -0.2) is 0 Å². The molecule has 2 amide bonds. The summed E-state index contributed by atoms with van der Waals surface area (Å²) in [5, 5.41) is 3.05. The van der Waals surface area contributed by atoms with E-state index in [1.807, 2.05) is 78.9 Å². The maximum absolute atomic E-state index is 13.4. The van der Waals surface area contributed by atoms with Crippen molar-refractivity contribution in [2.75, 3.05) is 23.4 Å². The van der Waals surface area contributed by atoms with Crippen LogP contribution in [0.5, 0.6) is 5.75 Å². The molecule has 0 bridgehead atoms. The number of nitrogens with one attached hydrogen (secondary N) is 1. The van der Waals surface area contributed by atoms with E-state index in [-0.39, 0.29) is 18.4 Å². The predicted octanol–water partition coefficient (Wildman–Crippen LogP) is 4.84. The fourth-order valence-electron chi connectivity index (χ4n) is 3.85. The molecule has 158 valence electrons. The number of hydrogen-bond donors (Lipinski definition) is 1. The van der Waals surface area contributed by atoms with Crippen LogP contribution in [0.3, 0.4) is 0 Å². The van der Waals surface area contributed by atoms with Crippen LogP contribution in [0.2, 0.25) is 0 Å². The van der Waals surface area contributed by atoms with Gasteiger partial charge in [-0.3, -0.25) is 9.59 Å². The van der Waals surface area contributed by atoms with Gasteiger partial charge in [-0.2, -0.15) is 0 Å². The van der Waals surface area contributed by atoms with E-state index in [4.69, 9.17) is 4.74 Å². The maximum atomic E-state index is 13.4. The fourth-order valence-corrected chi connectivity index (χ4v) is 3.85. The first-order chi connectivity index (χ1) is 15.0. The summed E-state index contributed by atoms with van der Waals surface area (Å²) in [6, 6.07) is 24.9. The van der Waals surface area contributed by atoms with Gasteiger partial charge in [0.15, 0.2) is 6.61 Å². The molecule has 5 nitrogen and oxygen atoms in total. The van der Waals surface area contributed by atoms with E-state index < -0.39 is 5.92 Å². The molecule has 0 aromatic heterocycles. The van der Waals surface area contributed by atoms with Gasteiger partial charge >= 0.3 is 0 Å². The molecule has 0 spiro atoms. The van der Waals surface area contributed by atoms with Gasteiger partial charge in [0.1, 0.15) is 5.75 Å². The number of rotatable bonds is 6. The number of ether oxygens (including phenoxy) is 1. The fraction of sp³-hybridized carbons (Fsp3) is 0.231. The second-order valence-electron chi connectivity index (χ2n) is 8.11. The van der Waals surface area contributed by atoms with Crippen LogP contribution >= 0.6 is 0 Å². The Morgan fingerprint density at radius 2 is 1.58 bits per heavy atom. The van der Waals surface area contributed by atoms with Gasteiger partial charge in [0.2, 0.25) is 5.91 Å². The topological polar surface area (TPSA) is 58.6 Å². The smallest absolute Gasteiger partial charge is 0.265 e. The minimum Gasteiger partial charge on any atom is -0.482 e. The van der Waals surface area contributed by atoms with Gasteiger partial charge in [-0.1, -0.05) is 74.5 Å². The molecule has 0 unspecified atom stereocenters. The second-order valence-corrected chi connectivity index (χ2v) is 8.11. The average molecular weight is 415 g/mol. The van der Waals surface area contributed by atoms with Crippen molar-refractivity contribution in [1.29, 1.82) is 0 Å². The lowest BCUT2D eigenvalue weighted by molar-refractivity contribution is -0.121. The predicted molar refractivity (Wildman–Crippen MR) is 122 cm³/mol. The number of carbonyl (C=O) groups excluding carboxylic acids is 2. The lowest BCUT2D eigenvalue weighted by atomic mass is 9.90. The standard InChI is InChI=1S/C26H26N2O3/c1-18(2)16-28-22-15-21(13-14-23(22)31-17-24(28)29)27-26(30)25(19-9-5-3-6-10-19)20-11-7-4-8-12-20/h3-15,18,25H,16-17H2,1-2H3,(H,27,30). The maximum Gasteiger partial charge on any atom is 0.265 e. The van der Waals surface area contributed by atoms with Gasteiger partial charge in [0.25, 0.3) is 5.91 Å². The molecule has 0 fully saturated rings. The third kappa shape index (κ3) is 4.61. The Labute approximate surface area is 182 Å². The van der Waals surface area contributed by atoms with Gasteiger partial charge in [-0.05, 0) is 35.2 Å². The Hall–Kier alpha value is -3.60. The first kappa shape index (κ1) is 20.7. The van der Waals surface area contributed by atoms with E-state index in [0.717, 1.165) is 11.1 Å². The molecule has 3 aromatic carbocycles. The number of benzene rings is 3. The summed E-state index contributed by atoms with van der Waals surface area (Å²) in [4.78, 5) is 27.5. The van der Waals surface area contributed by atoms with Crippen molar-refractivity contribution in [3.8, 4) is 5.75 Å². The number of amides is 2. The molecule has 0 atom stereocenters. The summed E-state index contributed by atoms with van der Waals surface area (Å²) in [5.74, 6) is 0.324. The van der Waals surface area contributed by atoms with Crippen LogP contribution in [-0.4, -0.2) is 25.0 Å². The summed E-state index contributed by atoms with van der Waals surface area (Å²) < 4.78 is 5.59. The normalized spacial score (nSPS) is 13.2. The molecule has 4 rings (SSSR count). The second kappa shape index (κ2) is 9.04. The van der Waals surface area contributed by atoms with E-state index in [0.29, 0.717) is 29.6 Å². The number of carbonyl (C=O) groups is 2. The minimum absolute atomic E-state index is 0.0372. The zero-order valence-electron chi connectivity index (χ0n) is 17.7. The van der Waals surface area contributed by atoms with Crippen molar-refractivity contribution < 1.29 is 14.3 Å². The number of hydrogen-bond acceptors (Lipinski definition) is 3. The van der Waals surface area contributed by atoms with Crippen LogP contribution in [0, 0.1) is 5.92 Å². The molecule has 3 aromatic rings. The molecule has 0 radical (unpaired) electrons. The Morgan fingerprint density at radius 3 is 2.16 bits per heavy atom. The van der Waals surface area contributed by atoms with E-state index >= 15 is 0 Å². The van der Waals surface area contributed by atoms with Gasteiger partial charge in [0, 0.05) is 12.2 Å².